The zero-order chi connectivity index (χ0) is 20.1. The first kappa shape index (κ1) is 23.5. The van der Waals surface area contributed by atoms with E-state index in [0.29, 0.717) is 24.1 Å². The van der Waals surface area contributed by atoms with Gasteiger partial charge in [-0.1, -0.05) is 64.9 Å². The SMILES string of the molecule is CCCCCCCCS(=O)(=O)N/N=C(/CCCCC)c1ccc(C)cc1O. The Bertz CT molecular complexity index is 685. The largest absolute Gasteiger partial charge is 0.507 e. The maximum absolute atomic E-state index is 12.2. The van der Waals surface area contributed by atoms with Crippen molar-refractivity contribution in [3.05, 3.63) is 29.3 Å². The van der Waals surface area contributed by atoms with Crippen molar-refractivity contribution in [2.75, 3.05) is 5.75 Å². The number of rotatable bonds is 14. The Labute approximate surface area is 165 Å². The number of aromatic hydroxyl groups is 1. The maximum atomic E-state index is 12.2. The van der Waals surface area contributed by atoms with Gasteiger partial charge in [-0.3, -0.25) is 0 Å². The molecule has 0 aliphatic carbocycles. The molecule has 0 spiro atoms. The van der Waals surface area contributed by atoms with E-state index in [2.05, 4.69) is 23.8 Å². The molecule has 6 heteroatoms. The zero-order valence-corrected chi connectivity index (χ0v) is 17.9. The summed E-state index contributed by atoms with van der Waals surface area (Å²) in [5, 5.41) is 14.4. The molecule has 0 aliphatic rings. The summed E-state index contributed by atoms with van der Waals surface area (Å²) in [7, 11) is -3.45. The van der Waals surface area contributed by atoms with Crippen LogP contribution in [0.3, 0.4) is 0 Å². The molecule has 2 N–H and O–H groups in total. The summed E-state index contributed by atoms with van der Waals surface area (Å²) in [6.45, 7) is 6.18. The highest BCUT2D eigenvalue weighted by Crippen LogP contribution is 2.21. The summed E-state index contributed by atoms with van der Waals surface area (Å²) in [5.41, 5.74) is 2.14. The number of benzene rings is 1. The molecule has 0 bridgehead atoms. The van der Waals surface area contributed by atoms with Gasteiger partial charge in [0.2, 0.25) is 10.0 Å². The van der Waals surface area contributed by atoms with Crippen LogP contribution in [0.5, 0.6) is 5.75 Å². The third-order valence-electron chi connectivity index (χ3n) is 4.57. The lowest BCUT2D eigenvalue weighted by Crippen LogP contribution is -2.23. The Hall–Kier alpha value is -1.56. The van der Waals surface area contributed by atoms with Crippen molar-refractivity contribution in [1.29, 1.82) is 0 Å². The molecule has 0 saturated heterocycles. The van der Waals surface area contributed by atoms with Crippen molar-refractivity contribution in [3.63, 3.8) is 0 Å². The van der Waals surface area contributed by atoms with Gasteiger partial charge in [0.1, 0.15) is 5.75 Å². The molecule has 1 rings (SSSR count). The summed E-state index contributed by atoms with van der Waals surface area (Å²) >= 11 is 0. The van der Waals surface area contributed by atoms with Crippen LogP contribution in [0.15, 0.2) is 23.3 Å². The van der Waals surface area contributed by atoms with Crippen LogP contribution >= 0.6 is 0 Å². The third kappa shape index (κ3) is 9.80. The van der Waals surface area contributed by atoms with Gasteiger partial charge in [0.05, 0.1) is 11.5 Å². The Morgan fingerprint density at radius 1 is 1.00 bits per heavy atom. The normalized spacial score (nSPS) is 12.3. The number of hydrogen-bond acceptors (Lipinski definition) is 4. The summed E-state index contributed by atoms with van der Waals surface area (Å²) in [4.78, 5) is 2.38. The van der Waals surface area contributed by atoms with E-state index in [1.807, 2.05) is 13.0 Å². The molecule has 0 heterocycles. The standard InChI is InChI=1S/C21H36N2O3S/c1-4-6-8-9-10-12-16-27(25,26)23-22-20(13-11-7-5-2)19-15-14-18(3)17-21(19)24/h14-15,17,23-24H,4-13,16H2,1-3H3/b22-20-. The van der Waals surface area contributed by atoms with E-state index in [4.69, 9.17) is 0 Å². The number of phenols is 1. The molecule has 27 heavy (non-hydrogen) atoms. The van der Waals surface area contributed by atoms with Gasteiger partial charge in [-0.05, 0) is 43.9 Å². The van der Waals surface area contributed by atoms with Crippen LogP contribution in [0.4, 0.5) is 0 Å². The van der Waals surface area contributed by atoms with Crippen molar-refractivity contribution >= 4 is 15.7 Å². The molecule has 0 fully saturated rings. The minimum absolute atomic E-state index is 0.0880. The van der Waals surface area contributed by atoms with E-state index in [0.717, 1.165) is 44.1 Å². The lowest BCUT2D eigenvalue weighted by molar-refractivity contribution is 0.473. The van der Waals surface area contributed by atoms with Gasteiger partial charge in [0, 0.05) is 5.56 Å². The molecule has 0 aliphatic heterocycles. The van der Waals surface area contributed by atoms with Crippen molar-refractivity contribution in [2.45, 2.75) is 85.0 Å². The number of nitrogens with zero attached hydrogens (tertiary/aromatic N) is 1. The summed E-state index contributed by atoms with van der Waals surface area (Å²) in [6, 6.07) is 5.38. The molecular weight excluding hydrogens is 360 g/mol. The molecule has 1 aromatic carbocycles. The van der Waals surface area contributed by atoms with Crippen molar-refractivity contribution in [1.82, 2.24) is 4.83 Å². The quantitative estimate of drug-likeness (QED) is 0.255. The first-order chi connectivity index (χ1) is 12.9. The van der Waals surface area contributed by atoms with Crippen molar-refractivity contribution in [2.24, 2.45) is 5.10 Å². The fraction of sp³-hybridized carbons (Fsp3) is 0.667. The highest BCUT2D eigenvalue weighted by molar-refractivity contribution is 7.89. The third-order valence-corrected chi connectivity index (χ3v) is 5.76. The van der Waals surface area contributed by atoms with Gasteiger partial charge in [-0.15, -0.1) is 0 Å². The van der Waals surface area contributed by atoms with Crippen LogP contribution < -0.4 is 4.83 Å². The number of nitrogens with one attached hydrogen (secondary N) is 1. The first-order valence-electron chi connectivity index (χ1n) is 10.3. The highest BCUT2D eigenvalue weighted by atomic mass is 32.2. The number of unbranched alkanes of at least 4 members (excludes halogenated alkanes) is 7. The monoisotopic (exact) mass is 396 g/mol. The van der Waals surface area contributed by atoms with Gasteiger partial charge in [-0.25, -0.2) is 13.2 Å². The molecule has 1 aromatic rings. The Kier molecular flexibility index (Phi) is 11.1. The molecule has 0 atom stereocenters. The molecule has 0 radical (unpaired) electrons. The fourth-order valence-electron chi connectivity index (χ4n) is 2.92. The predicted molar refractivity (Wildman–Crippen MR) is 114 cm³/mol. The predicted octanol–water partition coefficient (Wildman–Crippen LogP) is 5.26. The van der Waals surface area contributed by atoms with Crippen LogP contribution in [0, 0.1) is 6.92 Å². The van der Waals surface area contributed by atoms with Crippen molar-refractivity contribution < 1.29 is 13.5 Å². The minimum atomic E-state index is -3.45. The lowest BCUT2D eigenvalue weighted by Gasteiger charge is -2.11. The average molecular weight is 397 g/mol. The number of aryl methyl sites for hydroxylation is 1. The van der Waals surface area contributed by atoms with E-state index >= 15 is 0 Å². The van der Waals surface area contributed by atoms with Crippen LogP contribution in [0.1, 0.15) is 89.2 Å². The number of phenolic OH excluding ortho intramolecular Hbond substituents is 1. The van der Waals surface area contributed by atoms with Crippen LogP contribution in [-0.4, -0.2) is 25.0 Å². The number of sulfonamides is 1. The maximum Gasteiger partial charge on any atom is 0.247 e. The van der Waals surface area contributed by atoms with E-state index in [9.17, 15) is 13.5 Å². The molecule has 154 valence electrons. The average Bonchev–Trinajstić information content (AvgIpc) is 2.61. The molecular formula is C21H36N2O3S. The van der Waals surface area contributed by atoms with Gasteiger partial charge in [0.25, 0.3) is 0 Å². The van der Waals surface area contributed by atoms with E-state index in [1.54, 1.807) is 12.1 Å². The van der Waals surface area contributed by atoms with E-state index in [-0.39, 0.29) is 11.5 Å². The Morgan fingerprint density at radius 2 is 1.63 bits per heavy atom. The van der Waals surface area contributed by atoms with Crippen molar-refractivity contribution in [3.8, 4) is 5.75 Å². The molecule has 0 saturated carbocycles. The van der Waals surface area contributed by atoms with E-state index in [1.165, 1.54) is 12.8 Å². The molecule has 5 nitrogen and oxygen atoms in total. The summed E-state index contributed by atoms with van der Waals surface area (Å²) in [5.74, 6) is 0.227. The van der Waals surface area contributed by atoms with Gasteiger partial charge >= 0.3 is 0 Å². The van der Waals surface area contributed by atoms with E-state index < -0.39 is 10.0 Å². The van der Waals surface area contributed by atoms with Crippen LogP contribution in [-0.2, 0) is 10.0 Å². The second-order valence-electron chi connectivity index (χ2n) is 7.21. The smallest absolute Gasteiger partial charge is 0.247 e. The second-order valence-corrected chi connectivity index (χ2v) is 9.03. The zero-order valence-electron chi connectivity index (χ0n) is 17.1. The summed E-state index contributed by atoms with van der Waals surface area (Å²) < 4.78 is 24.5. The molecule has 0 amide bonds. The van der Waals surface area contributed by atoms with Crippen LogP contribution in [0.2, 0.25) is 0 Å². The molecule has 0 aromatic heterocycles. The van der Waals surface area contributed by atoms with Gasteiger partial charge in [-0.2, -0.15) is 5.10 Å². The van der Waals surface area contributed by atoms with Gasteiger partial charge in [0.15, 0.2) is 0 Å². The number of hydrogen-bond donors (Lipinski definition) is 2. The topological polar surface area (TPSA) is 78.8 Å². The minimum Gasteiger partial charge on any atom is -0.507 e. The first-order valence-corrected chi connectivity index (χ1v) is 11.9. The van der Waals surface area contributed by atoms with Gasteiger partial charge < -0.3 is 5.11 Å². The summed E-state index contributed by atoms with van der Waals surface area (Å²) in [6.07, 6.45) is 9.83. The number of hydrazone groups is 1. The molecule has 0 unspecified atom stereocenters. The lowest BCUT2D eigenvalue weighted by atomic mass is 10.0. The Balaban J connectivity index is 2.72. The van der Waals surface area contributed by atoms with Crippen LogP contribution in [0.25, 0.3) is 0 Å². The highest BCUT2D eigenvalue weighted by Gasteiger charge is 2.13. The Morgan fingerprint density at radius 3 is 2.30 bits per heavy atom. The second kappa shape index (κ2) is 12.8. The fourth-order valence-corrected chi connectivity index (χ4v) is 3.85.